The Balaban J connectivity index is 0.00000324. The van der Waals surface area contributed by atoms with E-state index in [1.165, 1.54) is 45.5 Å². The van der Waals surface area contributed by atoms with Crippen molar-refractivity contribution in [2.24, 2.45) is 0 Å². The predicted molar refractivity (Wildman–Crippen MR) is 150 cm³/mol. The molecule has 0 bridgehead atoms. The van der Waals surface area contributed by atoms with E-state index in [0.29, 0.717) is 0 Å². The third kappa shape index (κ3) is 6.02. The summed E-state index contributed by atoms with van der Waals surface area (Å²) < 4.78 is 0. The molecule has 181 valence electrons. The van der Waals surface area contributed by atoms with Gasteiger partial charge in [0.25, 0.3) is 0 Å². The summed E-state index contributed by atoms with van der Waals surface area (Å²) in [6.07, 6.45) is 4.72. The molecule has 2 nitrogen and oxygen atoms in total. The summed E-state index contributed by atoms with van der Waals surface area (Å²) in [5.41, 5.74) is 3.06. The van der Waals surface area contributed by atoms with Gasteiger partial charge in [0.2, 0.25) is 0 Å². The van der Waals surface area contributed by atoms with Gasteiger partial charge in [-0.3, -0.25) is 0 Å². The number of hydrogen-bond donors (Lipinski definition) is 0. The molecule has 4 aromatic rings. The molecule has 0 aliphatic heterocycles. The molecular weight excluding hydrogens is 568 g/mol. The van der Waals surface area contributed by atoms with Crippen LogP contribution in [-0.4, -0.2) is 59.2 Å². The summed E-state index contributed by atoms with van der Waals surface area (Å²) in [5, 5.41) is 9.10. The summed E-state index contributed by atoms with van der Waals surface area (Å²) in [4.78, 5) is 4.58. The number of hydrogen-bond acceptors (Lipinski definition) is 2. The van der Waals surface area contributed by atoms with Crippen molar-refractivity contribution in [3.8, 4) is 0 Å². The van der Waals surface area contributed by atoms with Crippen LogP contribution in [0.4, 0.5) is 0 Å². The molecule has 0 saturated carbocycles. The van der Waals surface area contributed by atoms with Crippen LogP contribution in [-0.2, 0) is 12.8 Å². The minimum atomic E-state index is -1.89. The molecule has 0 N–H and O–H groups in total. The van der Waals surface area contributed by atoms with Crippen molar-refractivity contribution in [3.63, 3.8) is 0 Å². The zero-order valence-corrected chi connectivity index (χ0v) is 25.2. The van der Waals surface area contributed by atoms with Gasteiger partial charge in [-0.05, 0) is 54.1 Å². The Labute approximate surface area is 248 Å². The van der Waals surface area contributed by atoms with Gasteiger partial charge in [-0.1, -0.05) is 37.4 Å². The predicted octanol–water partition coefficient (Wildman–Crippen LogP) is 5.24. The Bertz CT molecular complexity index is 1120. The van der Waals surface area contributed by atoms with Gasteiger partial charge in [-0.2, -0.15) is 5.19 Å². The van der Waals surface area contributed by atoms with Crippen LogP contribution in [0.2, 0.25) is 13.1 Å². The fourth-order valence-electron chi connectivity index (χ4n) is 5.42. The van der Waals surface area contributed by atoms with Crippen LogP contribution in [0, 0.1) is 49.4 Å². The number of benzene rings is 2. The van der Waals surface area contributed by atoms with E-state index in [4.69, 9.17) is 0 Å². The summed E-state index contributed by atoms with van der Waals surface area (Å²) in [6, 6.07) is 23.4. The molecular formula is C30H40EuN2Si. The molecule has 34 heavy (non-hydrogen) atoms. The Morgan fingerprint density at radius 3 is 2.21 bits per heavy atom. The molecule has 0 fully saturated rings. The normalized spacial score (nSPS) is 12.2. The maximum Gasteiger partial charge on any atom is 2.00 e. The van der Waals surface area contributed by atoms with E-state index in [0.717, 1.165) is 25.9 Å². The fourth-order valence-corrected chi connectivity index (χ4v) is 8.56. The third-order valence-electron chi connectivity index (χ3n) is 7.21. The van der Waals surface area contributed by atoms with Crippen LogP contribution in [0.3, 0.4) is 0 Å². The van der Waals surface area contributed by atoms with Crippen LogP contribution in [0.15, 0.2) is 60.7 Å². The van der Waals surface area contributed by atoms with E-state index in [1.54, 1.807) is 10.4 Å². The molecule has 1 radical (unpaired) electrons. The monoisotopic (exact) mass is 609 g/mol. The average Bonchev–Trinajstić information content (AvgIpc) is 3.34. The first-order valence-electron chi connectivity index (χ1n) is 12.4. The van der Waals surface area contributed by atoms with Crippen LogP contribution in [0.25, 0.3) is 21.5 Å². The molecule has 4 heteroatoms. The minimum Gasteiger partial charge on any atom is -0.309 e. The molecule has 0 spiro atoms. The van der Waals surface area contributed by atoms with Gasteiger partial charge in [0.05, 0.1) is 0 Å². The second kappa shape index (κ2) is 12.1. The van der Waals surface area contributed by atoms with E-state index in [2.05, 4.69) is 112 Å². The first-order valence-corrected chi connectivity index (χ1v) is 15.4. The molecule has 0 heterocycles. The van der Waals surface area contributed by atoms with Gasteiger partial charge in [0.15, 0.2) is 0 Å². The number of rotatable bonds is 10. The van der Waals surface area contributed by atoms with Crippen LogP contribution >= 0.6 is 0 Å². The number of fused-ring (bicyclic) bond motifs is 2. The SMILES string of the molecule is CN(C)CCCc1cc([Si](C)(C)c2c[c-](CCCN(C)C)c3ccccc23)[c-]2ccccc12.[Eu+2]. The van der Waals surface area contributed by atoms with Crippen LogP contribution in [0.5, 0.6) is 0 Å². The minimum absolute atomic E-state index is 0. The molecule has 0 aromatic heterocycles. The van der Waals surface area contributed by atoms with Gasteiger partial charge in [-0.15, -0.1) is 87.1 Å². The van der Waals surface area contributed by atoms with Crippen molar-refractivity contribution in [2.75, 3.05) is 41.3 Å². The zero-order valence-electron chi connectivity index (χ0n) is 21.8. The van der Waals surface area contributed by atoms with Crippen molar-refractivity contribution in [2.45, 2.75) is 38.8 Å². The molecule has 0 unspecified atom stereocenters. The number of nitrogens with zero attached hydrogens (tertiary/aromatic N) is 2. The number of aryl methyl sites for hydroxylation is 2. The Kier molecular flexibility index (Phi) is 9.93. The van der Waals surface area contributed by atoms with Crippen molar-refractivity contribution in [3.05, 3.63) is 71.8 Å². The van der Waals surface area contributed by atoms with Crippen molar-refractivity contribution in [1.82, 2.24) is 9.80 Å². The maximum atomic E-state index is 2.57. The zero-order chi connectivity index (χ0) is 23.6. The molecule has 4 rings (SSSR count). The second-order valence-electron chi connectivity index (χ2n) is 10.7. The van der Waals surface area contributed by atoms with Crippen molar-refractivity contribution in [1.29, 1.82) is 0 Å². The Morgan fingerprint density at radius 1 is 0.824 bits per heavy atom. The molecule has 0 amide bonds. The van der Waals surface area contributed by atoms with E-state index in [-0.39, 0.29) is 49.4 Å². The molecule has 0 aliphatic carbocycles. The van der Waals surface area contributed by atoms with Crippen LogP contribution < -0.4 is 10.4 Å². The van der Waals surface area contributed by atoms with E-state index < -0.39 is 8.07 Å². The van der Waals surface area contributed by atoms with Crippen LogP contribution in [0.1, 0.15) is 24.0 Å². The smallest absolute Gasteiger partial charge is 0.309 e. The van der Waals surface area contributed by atoms with Gasteiger partial charge in [-0.25, -0.2) is 0 Å². The van der Waals surface area contributed by atoms with E-state index in [1.807, 2.05) is 0 Å². The average molecular weight is 609 g/mol. The van der Waals surface area contributed by atoms with E-state index >= 15 is 0 Å². The fraction of sp³-hybridized carbons (Fsp3) is 0.400. The van der Waals surface area contributed by atoms with Crippen molar-refractivity contribution >= 4 is 40.0 Å². The topological polar surface area (TPSA) is 6.48 Å². The summed E-state index contributed by atoms with van der Waals surface area (Å²) in [5.74, 6) is 0. The molecule has 0 aliphatic rings. The third-order valence-corrected chi connectivity index (χ3v) is 10.7. The standard InChI is InChI=1S/C30H40N2Si.Eu/c1-31(2)19-11-13-23-21-29(27-17-9-7-15-25(23)27)33(5,6)30-22-24(14-12-20-32(3)4)26-16-8-10-18-28(26)30;/h7-10,15-18,21-22H,11-14,19-20H2,1-6H3;/q-2;+2. The molecule has 4 aromatic carbocycles. The van der Waals surface area contributed by atoms with E-state index in [9.17, 15) is 0 Å². The van der Waals surface area contributed by atoms with Gasteiger partial charge in [0.1, 0.15) is 0 Å². The van der Waals surface area contributed by atoms with Gasteiger partial charge in [0, 0.05) is 8.07 Å². The second-order valence-corrected chi connectivity index (χ2v) is 15.0. The molecule has 0 atom stereocenters. The summed E-state index contributed by atoms with van der Waals surface area (Å²) in [7, 11) is 6.79. The Hall–Kier alpha value is -0.619. The summed E-state index contributed by atoms with van der Waals surface area (Å²) in [6.45, 7) is 7.40. The largest absolute Gasteiger partial charge is 2.00 e. The van der Waals surface area contributed by atoms with Gasteiger partial charge < -0.3 is 9.80 Å². The first kappa shape index (κ1) is 28.0. The quantitative estimate of drug-likeness (QED) is 0.180. The maximum absolute atomic E-state index is 2.57. The Morgan fingerprint density at radius 2 is 1.47 bits per heavy atom. The van der Waals surface area contributed by atoms with Gasteiger partial charge >= 0.3 is 49.4 Å². The van der Waals surface area contributed by atoms with Crippen molar-refractivity contribution < 1.29 is 49.4 Å². The first-order chi connectivity index (χ1) is 15.8. The molecule has 0 saturated heterocycles. The summed E-state index contributed by atoms with van der Waals surface area (Å²) >= 11 is 0.